The van der Waals surface area contributed by atoms with Gasteiger partial charge < -0.3 is 14.6 Å². The first-order valence-corrected chi connectivity index (χ1v) is 11.5. The van der Waals surface area contributed by atoms with Gasteiger partial charge in [-0.05, 0) is 50.3 Å². The van der Waals surface area contributed by atoms with Crippen molar-refractivity contribution in [3.8, 4) is 11.6 Å². The topological polar surface area (TPSA) is 84.1 Å². The summed E-state index contributed by atoms with van der Waals surface area (Å²) in [6, 6.07) is 5.86. The zero-order valence-electron chi connectivity index (χ0n) is 18.0. The van der Waals surface area contributed by atoms with E-state index in [1.54, 1.807) is 25.3 Å². The molecule has 1 saturated heterocycles. The van der Waals surface area contributed by atoms with E-state index in [0.717, 1.165) is 12.3 Å². The van der Waals surface area contributed by atoms with Crippen molar-refractivity contribution in [2.45, 2.75) is 37.0 Å². The number of nitrogens with zero attached hydrogens (tertiary/aromatic N) is 4. The van der Waals surface area contributed by atoms with Crippen LogP contribution in [0, 0.1) is 6.92 Å². The fourth-order valence-electron chi connectivity index (χ4n) is 3.72. The number of amides is 1. The van der Waals surface area contributed by atoms with E-state index in [-0.39, 0.29) is 11.9 Å². The van der Waals surface area contributed by atoms with Gasteiger partial charge in [0.15, 0.2) is 11.6 Å². The van der Waals surface area contributed by atoms with Crippen LogP contribution >= 0.6 is 11.8 Å². The van der Waals surface area contributed by atoms with Crippen LogP contribution in [0.3, 0.4) is 0 Å². The Morgan fingerprint density at radius 2 is 1.97 bits per heavy atom. The van der Waals surface area contributed by atoms with Crippen molar-refractivity contribution in [2.75, 3.05) is 24.2 Å². The molecule has 0 spiro atoms. The van der Waals surface area contributed by atoms with Gasteiger partial charge in [0.25, 0.3) is 5.91 Å². The highest BCUT2D eigenvalue weighted by Gasteiger charge is 2.31. The number of carbonyl (C=O) groups excluding carboxylic acids is 1. The number of furan rings is 1. The highest BCUT2D eigenvalue weighted by molar-refractivity contribution is 7.98. The number of thioether (sulfide) groups is 1. The fourth-order valence-corrected chi connectivity index (χ4v) is 4.35. The third-order valence-corrected chi connectivity index (χ3v) is 6.13. The van der Waals surface area contributed by atoms with E-state index in [1.807, 2.05) is 11.2 Å². The maximum Gasteiger partial charge on any atom is 0.417 e. The molecule has 4 heterocycles. The third-order valence-electron chi connectivity index (χ3n) is 5.45. The van der Waals surface area contributed by atoms with Crippen molar-refractivity contribution >= 4 is 23.5 Å². The van der Waals surface area contributed by atoms with Gasteiger partial charge in [0, 0.05) is 25.3 Å². The summed E-state index contributed by atoms with van der Waals surface area (Å²) in [5, 5.41) is 3.62. The highest BCUT2D eigenvalue weighted by Crippen LogP contribution is 2.30. The third kappa shape index (κ3) is 5.13. The molecule has 3 aromatic rings. The number of aryl methyl sites for hydroxylation is 1. The van der Waals surface area contributed by atoms with Gasteiger partial charge >= 0.3 is 6.18 Å². The lowest BCUT2D eigenvalue weighted by Gasteiger charge is -2.33. The molecule has 4 rings (SSSR count). The van der Waals surface area contributed by atoms with Crippen LogP contribution in [0.5, 0.6) is 0 Å². The van der Waals surface area contributed by atoms with E-state index in [0.29, 0.717) is 59.6 Å². The first-order chi connectivity index (χ1) is 15.8. The Bertz CT molecular complexity index is 1110. The van der Waals surface area contributed by atoms with Gasteiger partial charge in [-0.15, -0.1) is 11.8 Å². The molecule has 7 nitrogen and oxygen atoms in total. The lowest BCUT2D eigenvalue weighted by atomic mass is 10.0. The molecule has 0 saturated carbocycles. The highest BCUT2D eigenvalue weighted by atomic mass is 32.2. The number of pyridine rings is 1. The molecule has 1 amide bonds. The Hall–Kier alpha value is -3.08. The quantitative estimate of drug-likeness (QED) is 0.425. The van der Waals surface area contributed by atoms with Gasteiger partial charge in [-0.3, -0.25) is 4.79 Å². The van der Waals surface area contributed by atoms with Gasteiger partial charge in [0.05, 0.1) is 23.1 Å². The van der Waals surface area contributed by atoms with E-state index >= 15 is 0 Å². The van der Waals surface area contributed by atoms with Crippen LogP contribution in [0.15, 0.2) is 46.2 Å². The van der Waals surface area contributed by atoms with Crippen LogP contribution < -0.4 is 10.2 Å². The molecular weight excluding hydrogens is 455 g/mol. The van der Waals surface area contributed by atoms with Crippen LogP contribution in [0.2, 0.25) is 0 Å². The minimum absolute atomic E-state index is 0.0675. The van der Waals surface area contributed by atoms with Crippen molar-refractivity contribution in [3.63, 3.8) is 0 Å². The zero-order valence-corrected chi connectivity index (χ0v) is 18.8. The minimum Gasteiger partial charge on any atom is -0.461 e. The summed E-state index contributed by atoms with van der Waals surface area (Å²) in [5.41, 5.74) is 0.225. The number of hydrogen-bond acceptors (Lipinski definition) is 7. The number of carbonyl (C=O) groups is 1. The maximum absolute atomic E-state index is 13.0. The summed E-state index contributed by atoms with van der Waals surface area (Å²) >= 11 is 1.36. The van der Waals surface area contributed by atoms with Gasteiger partial charge in [-0.25, -0.2) is 15.0 Å². The van der Waals surface area contributed by atoms with Gasteiger partial charge in [-0.2, -0.15) is 13.2 Å². The second-order valence-electron chi connectivity index (χ2n) is 7.63. The van der Waals surface area contributed by atoms with Crippen molar-refractivity contribution in [1.29, 1.82) is 0 Å². The molecule has 174 valence electrons. The van der Waals surface area contributed by atoms with Crippen LogP contribution in [0.1, 0.15) is 34.5 Å². The lowest BCUT2D eigenvalue weighted by Crippen LogP contribution is -2.45. The maximum atomic E-state index is 13.0. The number of halogens is 3. The smallest absolute Gasteiger partial charge is 0.417 e. The van der Waals surface area contributed by atoms with Crippen molar-refractivity contribution in [2.24, 2.45) is 0 Å². The SMILES string of the molecule is CSc1nc(-c2ccco2)nc(C)c1C(=O)NC1CCN(c2ccc(C(F)(F)F)cn2)CC1. The van der Waals surface area contributed by atoms with E-state index in [1.165, 1.54) is 17.8 Å². The Kier molecular flexibility index (Phi) is 6.59. The molecule has 0 aromatic carbocycles. The number of aromatic nitrogens is 3. The number of piperidine rings is 1. The Morgan fingerprint density at radius 1 is 1.21 bits per heavy atom. The van der Waals surface area contributed by atoms with E-state index in [2.05, 4.69) is 20.3 Å². The molecule has 1 aliphatic rings. The van der Waals surface area contributed by atoms with E-state index in [9.17, 15) is 18.0 Å². The van der Waals surface area contributed by atoms with Crippen molar-refractivity contribution in [3.05, 3.63) is 53.5 Å². The summed E-state index contributed by atoms with van der Waals surface area (Å²) in [7, 11) is 0. The second kappa shape index (κ2) is 9.42. The molecule has 0 radical (unpaired) electrons. The molecule has 0 atom stereocenters. The summed E-state index contributed by atoms with van der Waals surface area (Å²) in [6.45, 7) is 2.92. The van der Waals surface area contributed by atoms with Crippen LogP contribution in [0.25, 0.3) is 11.6 Å². The van der Waals surface area contributed by atoms with Crippen molar-refractivity contribution in [1.82, 2.24) is 20.3 Å². The predicted octanol–water partition coefficient (Wildman–Crippen LogP) is 4.58. The lowest BCUT2D eigenvalue weighted by molar-refractivity contribution is -0.137. The Balaban J connectivity index is 1.40. The van der Waals surface area contributed by atoms with Crippen molar-refractivity contribution < 1.29 is 22.4 Å². The van der Waals surface area contributed by atoms with E-state index in [4.69, 9.17) is 4.42 Å². The average Bonchev–Trinajstić information content (AvgIpc) is 3.33. The minimum atomic E-state index is -4.41. The van der Waals surface area contributed by atoms with Crippen LogP contribution in [-0.2, 0) is 6.18 Å². The second-order valence-corrected chi connectivity index (χ2v) is 8.43. The number of alkyl halides is 3. The number of nitrogens with one attached hydrogen (secondary N) is 1. The fraction of sp³-hybridized carbons (Fsp3) is 0.364. The first kappa shape index (κ1) is 23.1. The molecule has 3 aromatic heterocycles. The molecule has 33 heavy (non-hydrogen) atoms. The molecule has 1 aliphatic heterocycles. The molecule has 0 aliphatic carbocycles. The molecular formula is C22H22F3N5O2S. The summed E-state index contributed by atoms with van der Waals surface area (Å²) < 4.78 is 43.6. The average molecular weight is 478 g/mol. The van der Waals surface area contributed by atoms with Gasteiger partial charge in [-0.1, -0.05) is 0 Å². The van der Waals surface area contributed by atoms with Gasteiger partial charge in [0.1, 0.15) is 10.8 Å². The largest absolute Gasteiger partial charge is 0.461 e. The summed E-state index contributed by atoms with van der Waals surface area (Å²) in [6.07, 6.45) is 1.12. The predicted molar refractivity (Wildman–Crippen MR) is 118 cm³/mol. The molecule has 11 heteroatoms. The standard InChI is InChI=1S/C22H22F3N5O2S/c1-13-18(21(33-2)29-19(27-13)16-4-3-11-32-16)20(31)28-15-7-9-30(10-8-15)17-6-5-14(12-26-17)22(23,24)25/h3-6,11-12,15H,7-10H2,1-2H3,(H,28,31). The summed E-state index contributed by atoms with van der Waals surface area (Å²) in [5.74, 6) is 1.21. The molecule has 0 bridgehead atoms. The monoisotopic (exact) mass is 477 g/mol. The normalized spacial score (nSPS) is 15.0. The Morgan fingerprint density at radius 3 is 2.55 bits per heavy atom. The Labute approximate surface area is 192 Å². The van der Waals surface area contributed by atoms with Crippen LogP contribution in [-0.4, -0.2) is 46.2 Å². The molecule has 1 fully saturated rings. The van der Waals surface area contributed by atoms with Crippen LogP contribution in [0.4, 0.5) is 19.0 Å². The number of hydrogen-bond donors (Lipinski definition) is 1. The first-order valence-electron chi connectivity index (χ1n) is 10.3. The molecule has 1 N–H and O–H groups in total. The zero-order chi connectivity index (χ0) is 23.6. The van der Waals surface area contributed by atoms with Gasteiger partial charge in [0.2, 0.25) is 0 Å². The molecule has 0 unspecified atom stereocenters. The number of rotatable bonds is 5. The van der Waals surface area contributed by atoms with E-state index < -0.39 is 11.7 Å². The number of anilines is 1. The summed E-state index contributed by atoms with van der Waals surface area (Å²) in [4.78, 5) is 27.8.